The lowest BCUT2D eigenvalue weighted by atomic mass is 10.1. The van der Waals surface area contributed by atoms with E-state index >= 15 is 0 Å². The highest BCUT2D eigenvalue weighted by Crippen LogP contribution is 2.22. The van der Waals surface area contributed by atoms with Gasteiger partial charge in [0.1, 0.15) is 12.6 Å². The van der Waals surface area contributed by atoms with Crippen LogP contribution in [-0.2, 0) is 23.9 Å². The van der Waals surface area contributed by atoms with Crippen molar-refractivity contribution in [3.8, 4) is 0 Å². The zero-order valence-corrected chi connectivity index (χ0v) is 12.9. The molecule has 1 saturated heterocycles. The minimum atomic E-state index is -1.04. The molecule has 1 amide bonds. The molecule has 0 bridgehead atoms. The normalized spacial score (nSPS) is 19.1. The van der Waals surface area contributed by atoms with Gasteiger partial charge in [0.25, 0.3) is 0 Å². The molecular formula is C13H19NO6S. The Morgan fingerprint density at radius 3 is 2.52 bits per heavy atom. The summed E-state index contributed by atoms with van der Waals surface area (Å²) in [5, 5.41) is 8.97. The number of carbonyl (C=O) groups excluding carboxylic acids is 3. The van der Waals surface area contributed by atoms with Gasteiger partial charge in [-0.25, -0.2) is 4.79 Å². The Labute approximate surface area is 127 Å². The lowest BCUT2D eigenvalue weighted by Gasteiger charge is -2.26. The minimum Gasteiger partial charge on any atom is -0.480 e. The summed E-state index contributed by atoms with van der Waals surface area (Å²) in [6, 6.07) is -0.834. The fraction of sp³-hybridized carbons (Fsp3) is 0.692. The minimum absolute atomic E-state index is 0.142. The standard InChI is InChI=1S/C13H19NO6S/c1-8(15)20-6-10(7-21-9(2)16)12(17)14-5-3-4-11(14)13(18)19/h10-11H,3-7H2,1-2H3,(H,18,19)/t10?,11-/m0/s1. The number of carboxylic acid groups (broad SMARTS) is 1. The predicted octanol–water partition coefficient (Wildman–Crippen LogP) is 0.521. The quantitative estimate of drug-likeness (QED) is 0.713. The molecule has 1 fully saturated rings. The van der Waals surface area contributed by atoms with Gasteiger partial charge in [-0.1, -0.05) is 11.8 Å². The Kier molecular flexibility index (Phi) is 6.67. The van der Waals surface area contributed by atoms with E-state index in [-0.39, 0.29) is 23.4 Å². The van der Waals surface area contributed by atoms with E-state index in [4.69, 9.17) is 9.84 Å². The second-order valence-corrected chi connectivity index (χ2v) is 6.03. The molecule has 1 unspecified atom stereocenters. The number of ether oxygens (including phenoxy) is 1. The fourth-order valence-corrected chi connectivity index (χ4v) is 2.82. The summed E-state index contributed by atoms with van der Waals surface area (Å²) < 4.78 is 4.85. The molecule has 7 nitrogen and oxygen atoms in total. The van der Waals surface area contributed by atoms with E-state index in [2.05, 4.69) is 0 Å². The number of nitrogens with zero attached hydrogens (tertiary/aromatic N) is 1. The highest BCUT2D eigenvalue weighted by molar-refractivity contribution is 8.13. The average Bonchev–Trinajstić information content (AvgIpc) is 2.86. The zero-order chi connectivity index (χ0) is 16.0. The van der Waals surface area contributed by atoms with Crippen LogP contribution in [0, 0.1) is 5.92 Å². The number of likely N-dealkylation sites (tertiary alicyclic amines) is 1. The lowest BCUT2D eigenvalue weighted by molar-refractivity contribution is -0.152. The highest BCUT2D eigenvalue weighted by Gasteiger charge is 2.37. The van der Waals surface area contributed by atoms with E-state index in [0.717, 1.165) is 11.8 Å². The van der Waals surface area contributed by atoms with Crippen molar-refractivity contribution >= 4 is 34.7 Å². The van der Waals surface area contributed by atoms with Crippen LogP contribution in [0.3, 0.4) is 0 Å². The van der Waals surface area contributed by atoms with Crippen molar-refractivity contribution < 1.29 is 29.0 Å². The molecule has 1 aliphatic rings. The number of aliphatic carboxylic acids is 1. The number of hydrogen-bond donors (Lipinski definition) is 1. The largest absolute Gasteiger partial charge is 0.480 e. The molecule has 2 atom stereocenters. The topological polar surface area (TPSA) is 101 Å². The summed E-state index contributed by atoms with van der Waals surface area (Å²) in [6.07, 6.45) is 1.05. The van der Waals surface area contributed by atoms with E-state index in [0.29, 0.717) is 19.4 Å². The molecule has 0 aliphatic carbocycles. The van der Waals surface area contributed by atoms with Crippen molar-refractivity contribution in [3.63, 3.8) is 0 Å². The molecule has 0 spiro atoms. The molecule has 21 heavy (non-hydrogen) atoms. The van der Waals surface area contributed by atoms with Crippen LogP contribution in [0.5, 0.6) is 0 Å². The van der Waals surface area contributed by atoms with Crippen LogP contribution in [-0.4, -0.2) is 57.9 Å². The first kappa shape index (κ1) is 17.5. The number of carboxylic acids is 1. The van der Waals surface area contributed by atoms with Gasteiger partial charge in [-0.3, -0.25) is 14.4 Å². The number of amides is 1. The van der Waals surface area contributed by atoms with Gasteiger partial charge in [0, 0.05) is 26.1 Å². The third-order valence-corrected chi connectivity index (χ3v) is 4.12. The average molecular weight is 317 g/mol. The molecule has 0 aromatic carbocycles. The van der Waals surface area contributed by atoms with Crippen LogP contribution in [0.25, 0.3) is 0 Å². The van der Waals surface area contributed by atoms with Gasteiger partial charge in [-0.2, -0.15) is 0 Å². The second-order valence-electron chi connectivity index (χ2n) is 4.83. The van der Waals surface area contributed by atoms with E-state index < -0.39 is 23.9 Å². The summed E-state index contributed by atoms with van der Waals surface area (Å²) in [7, 11) is 0. The molecular weight excluding hydrogens is 298 g/mol. The maximum Gasteiger partial charge on any atom is 0.326 e. The lowest BCUT2D eigenvalue weighted by Crippen LogP contribution is -2.45. The monoisotopic (exact) mass is 317 g/mol. The first-order valence-corrected chi connectivity index (χ1v) is 7.61. The molecule has 1 aliphatic heterocycles. The summed E-state index contributed by atoms with van der Waals surface area (Å²) in [5.74, 6) is -2.47. The van der Waals surface area contributed by atoms with E-state index in [1.807, 2.05) is 0 Å². The molecule has 118 valence electrons. The number of thioether (sulfide) groups is 1. The number of hydrogen-bond acceptors (Lipinski definition) is 6. The summed E-state index contributed by atoms with van der Waals surface area (Å²) in [4.78, 5) is 46.8. The molecule has 1 N–H and O–H groups in total. The first-order chi connectivity index (χ1) is 9.82. The Hall–Kier alpha value is -1.57. The highest BCUT2D eigenvalue weighted by atomic mass is 32.2. The van der Waals surface area contributed by atoms with Crippen molar-refractivity contribution in [1.29, 1.82) is 0 Å². The summed E-state index contributed by atoms with van der Waals surface area (Å²) in [6.45, 7) is 2.85. The van der Waals surface area contributed by atoms with Crippen molar-refractivity contribution in [2.24, 2.45) is 5.92 Å². The number of carbonyl (C=O) groups is 4. The molecule has 0 saturated carbocycles. The van der Waals surface area contributed by atoms with Gasteiger partial charge in [-0.15, -0.1) is 0 Å². The van der Waals surface area contributed by atoms with Gasteiger partial charge in [0.05, 0.1) is 5.92 Å². The van der Waals surface area contributed by atoms with Crippen molar-refractivity contribution in [1.82, 2.24) is 4.90 Å². The van der Waals surface area contributed by atoms with Crippen LogP contribution >= 0.6 is 11.8 Å². The number of esters is 1. The molecule has 0 aromatic heterocycles. The zero-order valence-electron chi connectivity index (χ0n) is 12.0. The van der Waals surface area contributed by atoms with E-state index in [1.54, 1.807) is 0 Å². The Balaban J connectivity index is 2.74. The van der Waals surface area contributed by atoms with Crippen LogP contribution in [0.4, 0.5) is 0 Å². The Bertz CT molecular complexity index is 420. The SMILES string of the molecule is CC(=O)OCC(CSC(C)=O)C(=O)N1CCC[C@H]1C(=O)O. The van der Waals surface area contributed by atoms with Crippen LogP contribution in [0.15, 0.2) is 0 Å². The van der Waals surface area contributed by atoms with Crippen LogP contribution in [0.1, 0.15) is 26.7 Å². The van der Waals surface area contributed by atoms with Crippen molar-refractivity contribution in [2.75, 3.05) is 18.9 Å². The van der Waals surface area contributed by atoms with Gasteiger partial charge in [0.15, 0.2) is 5.12 Å². The third-order valence-electron chi connectivity index (χ3n) is 3.15. The number of rotatable bonds is 6. The van der Waals surface area contributed by atoms with E-state index in [9.17, 15) is 19.2 Å². The summed E-state index contributed by atoms with van der Waals surface area (Å²) in [5.41, 5.74) is 0. The van der Waals surface area contributed by atoms with Gasteiger partial charge in [-0.05, 0) is 12.8 Å². The molecule has 0 radical (unpaired) electrons. The maximum atomic E-state index is 12.4. The van der Waals surface area contributed by atoms with Crippen molar-refractivity contribution in [3.05, 3.63) is 0 Å². The van der Waals surface area contributed by atoms with Crippen LogP contribution in [0.2, 0.25) is 0 Å². The second kappa shape index (κ2) is 8.02. The predicted molar refractivity (Wildman–Crippen MR) is 75.6 cm³/mol. The first-order valence-electron chi connectivity index (χ1n) is 6.63. The third kappa shape index (κ3) is 5.37. The smallest absolute Gasteiger partial charge is 0.326 e. The Morgan fingerprint density at radius 1 is 1.33 bits per heavy atom. The van der Waals surface area contributed by atoms with Crippen molar-refractivity contribution in [2.45, 2.75) is 32.7 Å². The van der Waals surface area contributed by atoms with Gasteiger partial charge in [0.2, 0.25) is 5.91 Å². The van der Waals surface area contributed by atoms with Gasteiger partial charge < -0.3 is 14.7 Å². The summed E-state index contributed by atoms with van der Waals surface area (Å²) >= 11 is 0.963. The molecule has 1 rings (SSSR count). The fourth-order valence-electron chi connectivity index (χ4n) is 2.15. The van der Waals surface area contributed by atoms with Crippen LogP contribution < -0.4 is 0 Å². The maximum absolute atomic E-state index is 12.4. The Morgan fingerprint density at radius 2 is 2.00 bits per heavy atom. The molecule has 8 heteroatoms. The molecule has 0 aromatic rings. The van der Waals surface area contributed by atoms with E-state index in [1.165, 1.54) is 18.7 Å². The molecule has 1 heterocycles. The van der Waals surface area contributed by atoms with Gasteiger partial charge >= 0.3 is 11.9 Å².